The Bertz CT molecular complexity index is 689. The lowest BCUT2D eigenvalue weighted by Gasteiger charge is -2.25. The maximum Gasteiger partial charge on any atom is 0.317 e. The standard InChI is InChI=1S/C18H23N3O4/c19-17(22)13-5-6-21(10-13)18(23)20-16(11-1-2-11)12-3-4-14-15(9-12)25-8-7-24-14/h3-4,9,11,13,16H,1-2,5-8,10H2,(H2,19,22)(H,20,23)/t13-,16+/m0/s1. The van der Waals surface area contributed by atoms with Crippen LogP contribution in [0.25, 0.3) is 0 Å². The van der Waals surface area contributed by atoms with Crippen molar-refractivity contribution in [1.29, 1.82) is 0 Å². The molecule has 1 aromatic rings. The fraction of sp³-hybridized carbons (Fsp3) is 0.556. The summed E-state index contributed by atoms with van der Waals surface area (Å²) in [4.78, 5) is 25.6. The smallest absolute Gasteiger partial charge is 0.317 e. The molecule has 7 heteroatoms. The van der Waals surface area contributed by atoms with Gasteiger partial charge in [0.25, 0.3) is 0 Å². The van der Waals surface area contributed by atoms with Gasteiger partial charge in [0.1, 0.15) is 13.2 Å². The zero-order valence-electron chi connectivity index (χ0n) is 14.1. The molecule has 0 unspecified atom stereocenters. The van der Waals surface area contributed by atoms with Gasteiger partial charge in [-0.15, -0.1) is 0 Å². The quantitative estimate of drug-likeness (QED) is 0.863. The number of nitrogens with two attached hydrogens (primary N) is 1. The minimum Gasteiger partial charge on any atom is -0.486 e. The molecule has 3 amide bonds. The molecule has 2 heterocycles. The molecule has 3 N–H and O–H groups in total. The van der Waals surface area contributed by atoms with Gasteiger partial charge in [-0.2, -0.15) is 0 Å². The normalized spacial score (nSPS) is 23.2. The molecule has 2 fully saturated rings. The van der Waals surface area contributed by atoms with Crippen molar-refractivity contribution < 1.29 is 19.1 Å². The number of nitrogens with one attached hydrogen (secondary N) is 1. The molecule has 1 saturated heterocycles. The van der Waals surface area contributed by atoms with Gasteiger partial charge in [-0.1, -0.05) is 6.07 Å². The molecule has 1 aliphatic carbocycles. The van der Waals surface area contributed by atoms with E-state index in [0.29, 0.717) is 38.6 Å². The van der Waals surface area contributed by atoms with Crippen LogP contribution in [0, 0.1) is 11.8 Å². The molecule has 7 nitrogen and oxygen atoms in total. The molecule has 3 aliphatic rings. The lowest BCUT2D eigenvalue weighted by Crippen LogP contribution is -2.41. The summed E-state index contributed by atoms with van der Waals surface area (Å²) in [5.41, 5.74) is 6.39. The molecule has 2 aliphatic heterocycles. The van der Waals surface area contributed by atoms with Gasteiger partial charge >= 0.3 is 6.03 Å². The Balaban J connectivity index is 1.47. The Hall–Kier alpha value is -2.44. The lowest BCUT2D eigenvalue weighted by molar-refractivity contribution is -0.121. The van der Waals surface area contributed by atoms with Crippen molar-refractivity contribution in [3.8, 4) is 11.5 Å². The first-order valence-corrected chi connectivity index (χ1v) is 8.86. The van der Waals surface area contributed by atoms with E-state index in [-0.39, 0.29) is 23.9 Å². The summed E-state index contributed by atoms with van der Waals surface area (Å²) in [7, 11) is 0. The van der Waals surface area contributed by atoms with Crippen LogP contribution in [0.1, 0.15) is 30.9 Å². The molecule has 0 bridgehead atoms. The van der Waals surface area contributed by atoms with Crippen molar-refractivity contribution in [2.75, 3.05) is 26.3 Å². The number of primary amides is 1. The SMILES string of the molecule is NC(=O)[C@H]1CCN(C(=O)N[C@@H](c2ccc3c(c2)OCCO3)C2CC2)C1. The summed E-state index contributed by atoms with van der Waals surface area (Å²) in [6.45, 7) is 2.07. The van der Waals surface area contributed by atoms with Crippen molar-refractivity contribution >= 4 is 11.9 Å². The second-order valence-electron chi connectivity index (χ2n) is 7.00. The molecule has 0 radical (unpaired) electrons. The number of ether oxygens (including phenoxy) is 2. The first-order valence-electron chi connectivity index (χ1n) is 8.86. The van der Waals surface area contributed by atoms with Gasteiger partial charge < -0.3 is 25.4 Å². The Morgan fingerprint density at radius 2 is 1.92 bits per heavy atom. The number of hydrogen-bond acceptors (Lipinski definition) is 4. The monoisotopic (exact) mass is 345 g/mol. The van der Waals surface area contributed by atoms with Gasteiger partial charge in [-0.3, -0.25) is 4.79 Å². The maximum absolute atomic E-state index is 12.6. The average Bonchev–Trinajstić information content (AvgIpc) is 3.33. The predicted octanol–water partition coefficient (Wildman–Crippen LogP) is 1.43. The number of carbonyl (C=O) groups excluding carboxylic acids is 2. The summed E-state index contributed by atoms with van der Waals surface area (Å²) < 4.78 is 11.2. The Morgan fingerprint density at radius 3 is 2.60 bits per heavy atom. The van der Waals surface area contributed by atoms with E-state index >= 15 is 0 Å². The second kappa shape index (κ2) is 6.46. The van der Waals surface area contributed by atoms with Crippen LogP contribution in [-0.2, 0) is 4.79 Å². The minimum atomic E-state index is -0.333. The third-order valence-corrected chi connectivity index (χ3v) is 5.18. The molecule has 1 saturated carbocycles. The van der Waals surface area contributed by atoms with Crippen LogP contribution >= 0.6 is 0 Å². The van der Waals surface area contributed by atoms with Gasteiger partial charge in [-0.25, -0.2) is 4.79 Å². The summed E-state index contributed by atoms with van der Waals surface area (Å²) >= 11 is 0. The zero-order chi connectivity index (χ0) is 17.4. The fourth-order valence-corrected chi connectivity index (χ4v) is 3.56. The largest absolute Gasteiger partial charge is 0.486 e. The van der Waals surface area contributed by atoms with Crippen molar-refractivity contribution in [2.24, 2.45) is 17.6 Å². The Labute approximate surface area is 146 Å². The van der Waals surface area contributed by atoms with Crippen LogP contribution in [0.5, 0.6) is 11.5 Å². The third kappa shape index (κ3) is 3.36. The summed E-state index contributed by atoms with van der Waals surface area (Å²) in [6, 6.07) is 5.69. The van der Waals surface area contributed by atoms with E-state index in [2.05, 4.69) is 5.32 Å². The van der Waals surface area contributed by atoms with E-state index in [1.807, 2.05) is 18.2 Å². The molecule has 2 atom stereocenters. The molecule has 1 aromatic carbocycles. The van der Waals surface area contributed by atoms with Crippen LogP contribution in [0.3, 0.4) is 0 Å². The summed E-state index contributed by atoms with van der Waals surface area (Å²) in [6.07, 6.45) is 2.84. The number of fused-ring (bicyclic) bond motifs is 1. The van der Waals surface area contributed by atoms with Crippen LogP contribution in [-0.4, -0.2) is 43.1 Å². The minimum absolute atomic E-state index is 0.0454. The van der Waals surface area contributed by atoms with E-state index in [9.17, 15) is 9.59 Å². The second-order valence-corrected chi connectivity index (χ2v) is 7.00. The highest BCUT2D eigenvalue weighted by Crippen LogP contribution is 2.43. The third-order valence-electron chi connectivity index (χ3n) is 5.18. The number of carbonyl (C=O) groups is 2. The van der Waals surface area contributed by atoms with Crippen molar-refractivity contribution in [3.63, 3.8) is 0 Å². The van der Waals surface area contributed by atoms with E-state index in [4.69, 9.17) is 15.2 Å². The first-order chi connectivity index (χ1) is 12.1. The number of benzene rings is 1. The van der Waals surface area contributed by atoms with Crippen molar-refractivity contribution in [2.45, 2.75) is 25.3 Å². The number of hydrogen-bond donors (Lipinski definition) is 2. The Kier molecular flexibility index (Phi) is 4.15. The molecule has 0 spiro atoms. The molecule has 25 heavy (non-hydrogen) atoms. The van der Waals surface area contributed by atoms with Crippen LogP contribution in [0.15, 0.2) is 18.2 Å². The number of nitrogens with zero attached hydrogens (tertiary/aromatic N) is 1. The van der Waals surface area contributed by atoms with Gasteiger partial charge in [0.15, 0.2) is 11.5 Å². The molecule has 4 rings (SSSR count). The number of amides is 3. The summed E-state index contributed by atoms with van der Waals surface area (Å²) in [5.74, 6) is 1.36. The molecule has 0 aromatic heterocycles. The molecular formula is C18H23N3O4. The number of likely N-dealkylation sites (tertiary alicyclic amines) is 1. The number of rotatable bonds is 4. The highest BCUT2D eigenvalue weighted by molar-refractivity contribution is 5.80. The van der Waals surface area contributed by atoms with E-state index in [1.54, 1.807) is 4.90 Å². The zero-order valence-corrected chi connectivity index (χ0v) is 14.1. The van der Waals surface area contributed by atoms with Crippen LogP contribution < -0.4 is 20.5 Å². The van der Waals surface area contributed by atoms with Crippen LogP contribution in [0.2, 0.25) is 0 Å². The topological polar surface area (TPSA) is 93.9 Å². The highest BCUT2D eigenvalue weighted by atomic mass is 16.6. The fourth-order valence-electron chi connectivity index (χ4n) is 3.56. The van der Waals surface area contributed by atoms with Crippen molar-refractivity contribution in [3.05, 3.63) is 23.8 Å². The molecular weight excluding hydrogens is 322 g/mol. The van der Waals surface area contributed by atoms with E-state index < -0.39 is 0 Å². The lowest BCUT2D eigenvalue weighted by atomic mass is 10.0. The van der Waals surface area contributed by atoms with Gasteiger partial charge in [0, 0.05) is 13.1 Å². The summed E-state index contributed by atoms with van der Waals surface area (Å²) in [5, 5.41) is 3.14. The van der Waals surface area contributed by atoms with Gasteiger partial charge in [0.05, 0.1) is 12.0 Å². The molecule has 134 valence electrons. The predicted molar refractivity (Wildman–Crippen MR) is 90.3 cm³/mol. The average molecular weight is 345 g/mol. The van der Waals surface area contributed by atoms with Crippen molar-refractivity contribution in [1.82, 2.24) is 10.2 Å². The van der Waals surface area contributed by atoms with E-state index in [1.165, 1.54) is 0 Å². The van der Waals surface area contributed by atoms with Gasteiger partial charge in [-0.05, 0) is 42.9 Å². The van der Waals surface area contributed by atoms with Gasteiger partial charge in [0.2, 0.25) is 5.91 Å². The maximum atomic E-state index is 12.6. The number of urea groups is 1. The first kappa shape index (κ1) is 16.1. The Morgan fingerprint density at radius 1 is 1.16 bits per heavy atom. The van der Waals surface area contributed by atoms with Crippen LogP contribution in [0.4, 0.5) is 4.79 Å². The highest BCUT2D eigenvalue weighted by Gasteiger charge is 2.36. The van der Waals surface area contributed by atoms with E-state index in [0.717, 1.165) is 29.9 Å².